The number of hydrogen-bond acceptors (Lipinski definition) is 12. The third kappa shape index (κ3) is 4.53. The van der Waals surface area contributed by atoms with Crippen molar-refractivity contribution in [3.8, 4) is 5.88 Å². The van der Waals surface area contributed by atoms with Gasteiger partial charge in [-0.25, -0.2) is 14.5 Å². The zero-order valence-electron chi connectivity index (χ0n) is 19.5. The smallest absolute Gasteiger partial charge is 0.323 e. The van der Waals surface area contributed by atoms with Crippen LogP contribution in [0.25, 0.3) is 11.2 Å². The SMILES string of the molecule is CCOc1nc(N)nc2c1ncn2[C@@H]1O[C@@H]2CO[P@](O)(NC(C)C(=O)OC(C)C)O[C@H]2[C@@]1(C)F. The summed E-state index contributed by atoms with van der Waals surface area (Å²) in [5.74, 6) is -0.500. The molecule has 0 spiro atoms. The Hall–Kier alpha value is -2.22. The lowest BCUT2D eigenvalue weighted by Gasteiger charge is -2.41. The molecule has 0 saturated carbocycles. The highest BCUT2D eigenvalue weighted by molar-refractivity contribution is 7.58. The van der Waals surface area contributed by atoms with Gasteiger partial charge in [0.1, 0.15) is 18.2 Å². The first-order valence-electron chi connectivity index (χ1n) is 10.9. The van der Waals surface area contributed by atoms with Gasteiger partial charge in [0, 0.05) is 0 Å². The van der Waals surface area contributed by atoms with E-state index >= 15 is 4.39 Å². The predicted molar refractivity (Wildman–Crippen MR) is 118 cm³/mol. The first-order valence-corrected chi connectivity index (χ1v) is 12.4. The van der Waals surface area contributed by atoms with E-state index in [9.17, 15) is 9.69 Å². The molecule has 0 bridgehead atoms. The average Bonchev–Trinajstić information content (AvgIpc) is 3.25. The van der Waals surface area contributed by atoms with E-state index in [0.717, 1.165) is 0 Å². The number of halogens is 1. The number of carbonyl (C=O) groups is 1. The van der Waals surface area contributed by atoms with Crippen molar-refractivity contribution in [3.05, 3.63) is 6.33 Å². The fourth-order valence-corrected chi connectivity index (χ4v) is 5.67. The van der Waals surface area contributed by atoms with Crippen molar-refractivity contribution in [1.29, 1.82) is 0 Å². The highest BCUT2D eigenvalue weighted by Gasteiger charge is 2.62. The van der Waals surface area contributed by atoms with Gasteiger partial charge in [0.25, 0.3) is 0 Å². The molecular formula is C19H29FN6O7P. The quantitative estimate of drug-likeness (QED) is 0.368. The molecule has 4 N–H and O–H groups in total. The monoisotopic (exact) mass is 503 g/mol. The van der Waals surface area contributed by atoms with Crippen molar-refractivity contribution in [2.45, 2.75) is 70.9 Å². The Balaban J connectivity index is 1.58. The molecular weight excluding hydrogens is 474 g/mol. The number of esters is 1. The molecule has 0 aliphatic carbocycles. The van der Waals surface area contributed by atoms with Crippen LogP contribution in [0.3, 0.4) is 0 Å². The van der Waals surface area contributed by atoms with Gasteiger partial charge < -0.3 is 29.4 Å². The lowest BCUT2D eigenvalue weighted by atomic mass is 9.98. The molecule has 2 aromatic rings. The molecule has 2 aromatic heterocycles. The predicted octanol–water partition coefficient (Wildman–Crippen LogP) is 1.45. The Kier molecular flexibility index (Phi) is 6.66. The van der Waals surface area contributed by atoms with E-state index in [-0.39, 0.29) is 30.2 Å². The molecule has 0 aromatic carbocycles. The van der Waals surface area contributed by atoms with Crippen molar-refractivity contribution in [2.75, 3.05) is 18.9 Å². The van der Waals surface area contributed by atoms with Gasteiger partial charge in [-0.05, 0) is 34.6 Å². The Morgan fingerprint density at radius 2 is 2.21 bits per heavy atom. The standard InChI is InChI=1S/C19H29FN6O7P/c1-6-29-15-12-14(23-18(21)24-15)26(8-22-12)17-19(5,20)13-11(32-17)7-30-34(28,33-13)25-10(4)16(27)31-9(2)3/h8-11,13,17,25,28H,6-7H2,1-5H3,(H2,21,23,24)/t10?,11-,13-,17-,19-/m1/s1. The van der Waals surface area contributed by atoms with Crippen LogP contribution >= 0.6 is 8.09 Å². The summed E-state index contributed by atoms with van der Waals surface area (Å²) in [5, 5.41) is 2.61. The van der Waals surface area contributed by atoms with Crippen LogP contribution in [0.4, 0.5) is 10.3 Å². The van der Waals surface area contributed by atoms with Gasteiger partial charge in [0.15, 0.2) is 23.1 Å². The van der Waals surface area contributed by atoms with Gasteiger partial charge in [0.2, 0.25) is 11.8 Å². The van der Waals surface area contributed by atoms with Crippen LogP contribution in [0.2, 0.25) is 0 Å². The van der Waals surface area contributed by atoms with Crippen molar-refractivity contribution in [2.24, 2.45) is 0 Å². The topological polar surface area (TPSA) is 165 Å². The third-order valence-corrected chi connectivity index (χ3v) is 7.08. The minimum atomic E-state index is -3.80. The van der Waals surface area contributed by atoms with E-state index in [2.05, 4.69) is 20.0 Å². The summed E-state index contributed by atoms with van der Waals surface area (Å²) in [6.07, 6.45) is -2.27. The first-order chi connectivity index (χ1) is 15.9. The maximum atomic E-state index is 16.2. The number of carbonyl (C=O) groups excluding carboxylic acids is 1. The second-order valence-electron chi connectivity index (χ2n) is 8.50. The molecule has 1 radical (unpaired) electrons. The number of rotatable bonds is 7. The number of fused-ring (bicyclic) bond motifs is 2. The summed E-state index contributed by atoms with van der Waals surface area (Å²) >= 11 is 0. The van der Waals surface area contributed by atoms with Gasteiger partial charge in [-0.15, -0.1) is 0 Å². The molecule has 4 heterocycles. The fourth-order valence-electron chi connectivity index (χ4n) is 3.88. The van der Waals surface area contributed by atoms with E-state index in [1.807, 2.05) is 0 Å². The number of imidazole rings is 1. The van der Waals surface area contributed by atoms with E-state index in [0.29, 0.717) is 12.1 Å². The summed E-state index contributed by atoms with van der Waals surface area (Å²) in [6.45, 7) is 8.12. The van der Waals surface area contributed by atoms with Crippen molar-refractivity contribution in [3.63, 3.8) is 0 Å². The van der Waals surface area contributed by atoms with Crippen LogP contribution in [0, 0.1) is 0 Å². The van der Waals surface area contributed by atoms with Crippen LogP contribution in [0.15, 0.2) is 6.33 Å². The number of anilines is 1. The number of nitrogens with zero attached hydrogens (tertiary/aromatic N) is 4. The van der Waals surface area contributed by atoms with E-state index in [1.165, 1.54) is 24.7 Å². The Labute approximate surface area is 195 Å². The summed E-state index contributed by atoms with van der Waals surface area (Å²) < 4.78 is 45.2. The Morgan fingerprint density at radius 1 is 1.47 bits per heavy atom. The van der Waals surface area contributed by atoms with Crippen LogP contribution in [-0.2, 0) is 23.3 Å². The molecule has 1 unspecified atom stereocenters. The molecule has 13 nitrogen and oxygen atoms in total. The zero-order valence-corrected chi connectivity index (χ0v) is 20.4. The Bertz CT molecular complexity index is 1070. The van der Waals surface area contributed by atoms with Crippen LogP contribution < -0.4 is 15.6 Å². The number of alkyl halides is 1. The first kappa shape index (κ1) is 24.9. The molecule has 2 saturated heterocycles. The summed E-state index contributed by atoms with van der Waals surface area (Å²) in [6, 6.07) is -0.949. The summed E-state index contributed by atoms with van der Waals surface area (Å²) in [5.41, 5.74) is 4.17. The molecule has 4 rings (SSSR count). The van der Waals surface area contributed by atoms with Crippen molar-refractivity contribution < 1.29 is 37.3 Å². The molecule has 34 heavy (non-hydrogen) atoms. The summed E-state index contributed by atoms with van der Waals surface area (Å²) in [4.78, 5) is 35.5. The van der Waals surface area contributed by atoms with Gasteiger partial charge in [-0.2, -0.15) is 9.97 Å². The number of hydrogen-bond donors (Lipinski definition) is 3. The minimum Gasteiger partial charge on any atom is -0.476 e. The van der Waals surface area contributed by atoms with Gasteiger partial charge >= 0.3 is 14.1 Å². The maximum Gasteiger partial charge on any atom is 0.323 e. The number of aromatic nitrogens is 4. The molecule has 2 aliphatic heterocycles. The fraction of sp³-hybridized carbons (Fsp3) is 0.684. The van der Waals surface area contributed by atoms with E-state index in [1.54, 1.807) is 20.8 Å². The highest BCUT2D eigenvalue weighted by atomic mass is 31.2. The van der Waals surface area contributed by atoms with Crippen molar-refractivity contribution >= 4 is 31.2 Å². The zero-order chi connectivity index (χ0) is 24.8. The van der Waals surface area contributed by atoms with Crippen molar-refractivity contribution in [1.82, 2.24) is 24.6 Å². The van der Waals surface area contributed by atoms with E-state index in [4.69, 9.17) is 29.0 Å². The molecule has 0 amide bonds. The van der Waals surface area contributed by atoms with Crippen LogP contribution in [0.5, 0.6) is 5.88 Å². The van der Waals surface area contributed by atoms with E-state index < -0.39 is 44.2 Å². The lowest BCUT2D eigenvalue weighted by molar-refractivity contribution is -0.149. The maximum absolute atomic E-state index is 16.2. The third-order valence-electron chi connectivity index (χ3n) is 5.35. The largest absolute Gasteiger partial charge is 0.476 e. The Morgan fingerprint density at radius 3 is 2.88 bits per heavy atom. The molecule has 189 valence electrons. The average molecular weight is 503 g/mol. The molecule has 15 heteroatoms. The van der Waals surface area contributed by atoms with Gasteiger partial charge in [-0.3, -0.25) is 13.9 Å². The lowest BCUT2D eigenvalue weighted by Crippen LogP contribution is -2.49. The molecule has 6 atom stereocenters. The molecule has 2 aliphatic rings. The second-order valence-corrected chi connectivity index (χ2v) is 10.3. The van der Waals surface area contributed by atoms with Crippen LogP contribution in [0.1, 0.15) is 40.8 Å². The minimum absolute atomic E-state index is 0.0694. The normalized spacial score (nSPS) is 32.1. The highest BCUT2D eigenvalue weighted by Crippen LogP contribution is 2.62. The number of nitrogen functional groups attached to an aromatic ring is 1. The van der Waals surface area contributed by atoms with Gasteiger partial charge in [0.05, 0.1) is 25.6 Å². The van der Waals surface area contributed by atoms with Crippen LogP contribution in [-0.4, -0.2) is 73.6 Å². The summed E-state index contributed by atoms with van der Waals surface area (Å²) in [7, 11) is -3.80. The number of nitrogens with two attached hydrogens (primary N) is 1. The van der Waals surface area contributed by atoms with Gasteiger partial charge in [-0.1, -0.05) is 0 Å². The number of ether oxygens (including phenoxy) is 3. The second kappa shape index (κ2) is 9.10. The molecule has 2 fully saturated rings. The number of nitrogens with one attached hydrogen (secondary N) is 1.